The molecule has 0 saturated carbocycles. The molecule has 0 amide bonds. The summed E-state index contributed by atoms with van der Waals surface area (Å²) in [5.41, 5.74) is 6.97. The molecule has 1 unspecified atom stereocenters. The van der Waals surface area contributed by atoms with Gasteiger partial charge in [0.2, 0.25) is 10.0 Å². The molecule has 0 aromatic heterocycles. The Morgan fingerprint density at radius 2 is 2.10 bits per heavy atom. The fourth-order valence-corrected chi connectivity index (χ4v) is 3.43. The van der Waals surface area contributed by atoms with Crippen LogP contribution in [0.15, 0.2) is 23.1 Å². The van der Waals surface area contributed by atoms with E-state index in [0.717, 1.165) is 23.7 Å². The van der Waals surface area contributed by atoms with Crippen molar-refractivity contribution in [3.05, 3.63) is 18.2 Å². The van der Waals surface area contributed by atoms with Gasteiger partial charge in [0.15, 0.2) is 0 Å². The number of hydrogen-bond acceptors (Lipinski definition) is 5. The Balaban J connectivity index is 2.42. The summed E-state index contributed by atoms with van der Waals surface area (Å²) in [6.07, 6.45) is 1.24. The van der Waals surface area contributed by atoms with Crippen LogP contribution in [0.1, 0.15) is 12.8 Å². The number of β-amino-alcohol motifs (C(OH)–C–C–N with tert-alkyl or cyclic N) is 1. The van der Waals surface area contributed by atoms with Gasteiger partial charge in [-0.3, -0.25) is 0 Å². The first-order valence-electron chi connectivity index (χ1n) is 6.58. The largest absolute Gasteiger partial charge is 0.396 e. The van der Waals surface area contributed by atoms with E-state index in [0.29, 0.717) is 12.2 Å². The van der Waals surface area contributed by atoms with E-state index in [1.807, 2.05) is 4.90 Å². The first-order valence-corrected chi connectivity index (χ1v) is 8.02. The van der Waals surface area contributed by atoms with Crippen molar-refractivity contribution in [1.29, 1.82) is 0 Å². The number of rotatable bonds is 3. The summed E-state index contributed by atoms with van der Waals surface area (Å²) in [5, 5.41) is 9.74. The second-order valence-electron chi connectivity index (χ2n) is 5.22. The molecule has 1 aliphatic heterocycles. The van der Waals surface area contributed by atoms with Gasteiger partial charge < -0.3 is 15.7 Å². The van der Waals surface area contributed by atoms with Crippen molar-refractivity contribution in [1.82, 2.24) is 4.31 Å². The minimum absolute atomic E-state index is 0.111. The quantitative estimate of drug-likeness (QED) is 0.793. The van der Waals surface area contributed by atoms with Crippen LogP contribution in [0, 0.1) is 0 Å². The molecule has 7 heteroatoms. The maximum absolute atomic E-state index is 12.2. The van der Waals surface area contributed by atoms with Crippen LogP contribution >= 0.6 is 0 Å². The normalized spacial score (nSPS) is 20.4. The standard InChI is InChI=1S/C13H21N3O3S/c1-15(2)20(18,19)12-7-3-6-11(13(12)14)16-8-4-5-10(17)9-16/h3,6-7,10,17H,4-5,8-9,14H2,1-2H3. The minimum atomic E-state index is -3.56. The highest BCUT2D eigenvalue weighted by atomic mass is 32.2. The molecule has 0 radical (unpaired) electrons. The number of sulfonamides is 1. The first-order chi connectivity index (χ1) is 9.34. The van der Waals surface area contributed by atoms with Crippen LogP contribution in [-0.4, -0.2) is 51.1 Å². The molecule has 0 bridgehead atoms. The van der Waals surface area contributed by atoms with Crippen LogP contribution in [0.2, 0.25) is 0 Å². The second kappa shape index (κ2) is 5.59. The molecule has 1 aromatic carbocycles. The third-order valence-corrected chi connectivity index (χ3v) is 5.41. The number of anilines is 2. The first kappa shape index (κ1) is 15.1. The van der Waals surface area contributed by atoms with Gasteiger partial charge in [-0.05, 0) is 25.0 Å². The summed E-state index contributed by atoms with van der Waals surface area (Å²) >= 11 is 0. The minimum Gasteiger partial charge on any atom is -0.396 e. The molecule has 0 spiro atoms. The van der Waals surface area contributed by atoms with Gasteiger partial charge in [0.25, 0.3) is 0 Å². The third-order valence-electron chi connectivity index (χ3n) is 3.54. The lowest BCUT2D eigenvalue weighted by atomic mass is 10.1. The third kappa shape index (κ3) is 2.74. The molecule has 2 rings (SSSR count). The zero-order chi connectivity index (χ0) is 14.9. The Hall–Kier alpha value is -1.31. The molecule has 1 aromatic rings. The molecule has 1 atom stereocenters. The smallest absolute Gasteiger partial charge is 0.244 e. The lowest BCUT2D eigenvalue weighted by Gasteiger charge is -2.33. The molecule has 3 N–H and O–H groups in total. The molecule has 0 aliphatic carbocycles. The number of piperidine rings is 1. The van der Waals surface area contributed by atoms with E-state index in [4.69, 9.17) is 5.73 Å². The van der Waals surface area contributed by atoms with Gasteiger partial charge in [-0.25, -0.2) is 12.7 Å². The van der Waals surface area contributed by atoms with Gasteiger partial charge in [-0.15, -0.1) is 0 Å². The summed E-state index contributed by atoms with van der Waals surface area (Å²) < 4.78 is 25.6. The lowest BCUT2D eigenvalue weighted by Crippen LogP contribution is -2.38. The van der Waals surface area contributed by atoms with E-state index in [1.165, 1.54) is 20.2 Å². The average molecular weight is 299 g/mol. The summed E-state index contributed by atoms with van der Waals surface area (Å²) in [4.78, 5) is 2.05. The number of hydrogen-bond donors (Lipinski definition) is 2. The molecule has 1 saturated heterocycles. The van der Waals surface area contributed by atoms with Gasteiger partial charge in [0.1, 0.15) is 4.90 Å². The monoisotopic (exact) mass is 299 g/mol. The molecule has 20 heavy (non-hydrogen) atoms. The predicted octanol–water partition coefficient (Wildman–Crippen LogP) is 0.480. The Kier molecular flexibility index (Phi) is 4.22. The molecule has 1 fully saturated rings. The van der Waals surface area contributed by atoms with E-state index >= 15 is 0 Å². The predicted molar refractivity (Wildman–Crippen MR) is 79.2 cm³/mol. The highest BCUT2D eigenvalue weighted by molar-refractivity contribution is 7.89. The number of nitrogen functional groups attached to an aromatic ring is 1. The van der Waals surface area contributed by atoms with Crippen molar-refractivity contribution in [2.24, 2.45) is 0 Å². The van der Waals surface area contributed by atoms with Crippen LogP contribution in [0.3, 0.4) is 0 Å². The number of nitrogens with two attached hydrogens (primary N) is 1. The lowest BCUT2D eigenvalue weighted by molar-refractivity contribution is 0.154. The Morgan fingerprint density at radius 1 is 1.40 bits per heavy atom. The molecular weight excluding hydrogens is 278 g/mol. The molecule has 1 aliphatic rings. The summed E-state index contributed by atoms with van der Waals surface area (Å²) in [6.45, 7) is 1.25. The van der Waals surface area contributed by atoms with Crippen molar-refractivity contribution >= 4 is 21.4 Å². The molecule has 6 nitrogen and oxygen atoms in total. The van der Waals surface area contributed by atoms with E-state index in [-0.39, 0.29) is 10.6 Å². The van der Waals surface area contributed by atoms with Gasteiger partial charge in [-0.2, -0.15) is 0 Å². The highest BCUT2D eigenvalue weighted by Gasteiger charge is 2.25. The number of aliphatic hydroxyl groups is 1. The maximum Gasteiger partial charge on any atom is 0.244 e. The van der Waals surface area contributed by atoms with Crippen LogP contribution in [-0.2, 0) is 10.0 Å². The van der Waals surface area contributed by atoms with Crippen LogP contribution in [0.5, 0.6) is 0 Å². The van der Waals surface area contributed by atoms with Gasteiger partial charge in [0.05, 0.1) is 17.5 Å². The Morgan fingerprint density at radius 3 is 2.70 bits per heavy atom. The van der Waals surface area contributed by atoms with Gasteiger partial charge in [-0.1, -0.05) is 6.07 Å². The molecule has 112 valence electrons. The summed E-state index contributed by atoms with van der Waals surface area (Å²) in [5.74, 6) is 0. The number of nitrogens with zero attached hydrogens (tertiary/aromatic N) is 2. The fraction of sp³-hybridized carbons (Fsp3) is 0.538. The van der Waals surface area contributed by atoms with Crippen molar-refractivity contribution in [3.63, 3.8) is 0 Å². The maximum atomic E-state index is 12.2. The Labute approximate surface area is 119 Å². The van der Waals surface area contributed by atoms with Gasteiger partial charge in [0, 0.05) is 27.2 Å². The number of para-hydroxylation sites is 1. The van der Waals surface area contributed by atoms with E-state index < -0.39 is 16.1 Å². The van der Waals surface area contributed by atoms with Crippen molar-refractivity contribution in [2.75, 3.05) is 37.8 Å². The SMILES string of the molecule is CN(C)S(=O)(=O)c1cccc(N2CCCC(O)C2)c1N. The number of aliphatic hydroxyl groups excluding tert-OH is 1. The average Bonchev–Trinajstić information content (AvgIpc) is 2.38. The zero-order valence-corrected chi connectivity index (χ0v) is 12.6. The van der Waals surface area contributed by atoms with E-state index in [1.54, 1.807) is 12.1 Å². The zero-order valence-electron chi connectivity index (χ0n) is 11.8. The topological polar surface area (TPSA) is 86.9 Å². The van der Waals surface area contributed by atoms with Crippen molar-refractivity contribution < 1.29 is 13.5 Å². The van der Waals surface area contributed by atoms with Crippen LogP contribution in [0.25, 0.3) is 0 Å². The van der Waals surface area contributed by atoms with Crippen LogP contribution < -0.4 is 10.6 Å². The van der Waals surface area contributed by atoms with Crippen LogP contribution in [0.4, 0.5) is 11.4 Å². The fourth-order valence-electron chi connectivity index (χ4n) is 2.40. The van der Waals surface area contributed by atoms with Crippen molar-refractivity contribution in [2.45, 2.75) is 23.8 Å². The Bertz CT molecular complexity index is 587. The summed E-state index contributed by atoms with van der Waals surface area (Å²) in [7, 11) is -0.607. The molecular formula is C13H21N3O3S. The van der Waals surface area contributed by atoms with E-state index in [2.05, 4.69) is 0 Å². The summed E-state index contributed by atoms with van der Waals surface area (Å²) in [6, 6.07) is 4.99. The van der Waals surface area contributed by atoms with E-state index in [9.17, 15) is 13.5 Å². The highest BCUT2D eigenvalue weighted by Crippen LogP contribution is 2.32. The number of benzene rings is 1. The van der Waals surface area contributed by atoms with Gasteiger partial charge >= 0.3 is 0 Å². The molecule has 1 heterocycles. The van der Waals surface area contributed by atoms with Crippen molar-refractivity contribution in [3.8, 4) is 0 Å². The second-order valence-corrected chi connectivity index (χ2v) is 7.34.